The lowest BCUT2D eigenvalue weighted by molar-refractivity contribution is -0.134. The summed E-state index contributed by atoms with van der Waals surface area (Å²) >= 11 is 6.19. The Morgan fingerprint density at radius 1 is 1.04 bits per heavy atom. The van der Waals surface area contributed by atoms with Crippen molar-refractivity contribution < 1.29 is 13.9 Å². The SMILES string of the molecule is Cc1cc(OCC(=O)N(Cc2ccccc2)Cc2ccco2)cc(C)c1Cl. The fourth-order valence-electron chi connectivity index (χ4n) is 2.85. The average molecular weight is 384 g/mol. The Hall–Kier alpha value is -2.72. The number of hydrogen-bond donors (Lipinski definition) is 0. The molecule has 2 aromatic carbocycles. The highest BCUT2D eigenvalue weighted by molar-refractivity contribution is 6.32. The summed E-state index contributed by atoms with van der Waals surface area (Å²) in [4.78, 5) is 14.5. The molecule has 0 bridgehead atoms. The number of benzene rings is 2. The molecule has 3 aromatic rings. The van der Waals surface area contributed by atoms with E-state index in [9.17, 15) is 4.79 Å². The number of furan rings is 1. The molecule has 0 unspecified atom stereocenters. The van der Waals surface area contributed by atoms with Crippen molar-refractivity contribution in [2.45, 2.75) is 26.9 Å². The van der Waals surface area contributed by atoms with Gasteiger partial charge in [0.05, 0.1) is 12.8 Å². The first-order chi connectivity index (χ1) is 13.0. The van der Waals surface area contributed by atoms with Crippen LogP contribution < -0.4 is 4.74 Å². The quantitative estimate of drug-likeness (QED) is 0.566. The standard InChI is InChI=1S/C22H22ClNO3/c1-16-11-20(12-17(2)22(16)23)27-15-21(25)24(14-19-9-6-10-26-19)13-18-7-4-3-5-8-18/h3-12H,13-15H2,1-2H3. The monoisotopic (exact) mass is 383 g/mol. The molecule has 0 radical (unpaired) electrons. The molecule has 4 nitrogen and oxygen atoms in total. The average Bonchev–Trinajstić information content (AvgIpc) is 3.17. The molecule has 1 heterocycles. The number of carbonyl (C=O) groups is 1. The van der Waals surface area contributed by atoms with Crippen molar-refractivity contribution in [1.82, 2.24) is 4.90 Å². The van der Waals surface area contributed by atoms with Gasteiger partial charge in [-0.05, 0) is 54.8 Å². The smallest absolute Gasteiger partial charge is 0.261 e. The van der Waals surface area contributed by atoms with Crippen LogP contribution in [0, 0.1) is 13.8 Å². The molecule has 0 aliphatic rings. The maximum atomic E-state index is 12.8. The molecule has 0 spiro atoms. The zero-order chi connectivity index (χ0) is 19.2. The van der Waals surface area contributed by atoms with Gasteiger partial charge in [-0.1, -0.05) is 41.9 Å². The molecule has 0 saturated heterocycles. The van der Waals surface area contributed by atoms with Gasteiger partial charge in [-0.3, -0.25) is 4.79 Å². The fourth-order valence-corrected chi connectivity index (χ4v) is 2.96. The van der Waals surface area contributed by atoms with E-state index in [4.69, 9.17) is 20.8 Å². The van der Waals surface area contributed by atoms with E-state index >= 15 is 0 Å². The number of halogens is 1. The van der Waals surface area contributed by atoms with Crippen molar-refractivity contribution >= 4 is 17.5 Å². The van der Waals surface area contributed by atoms with Crippen molar-refractivity contribution in [3.63, 3.8) is 0 Å². The third kappa shape index (κ3) is 5.14. The summed E-state index contributed by atoms with van der Waals surface area (Å²) in [6.07, 6.45) is 1.61. The van der Waals surface area contributed by atoms with E-state index in [1.54, 1.807) is 11.2 Å². The van der Waals surface area contributed by atoms with Crippen LogP contribution in [-0.2, 0) is 17.9 Å². The summed E-state index contributed by atoms with van der Waals surface area (Å²) in [6.45, 7) is 4.67. The Morgan fingerprint density at radius 2 is 1.74 bits per heavy atom. The minimum absolute atomic E-state index is 0.0476. The molecular weight excluding hydrogens is 362 g/mol. The second kappa shape index (κ2) is 8.78. The zero-order valence-corrected chi connectivity index (χ0v) is 16.2. The summed E-state index contributed by atoms with van der Waals surface area (Å²) in [6, 6.07) is 17.2. The van der Waals surface area contributed by atoms with E-state index in [0.29, 0.717) is 18.8 Å². The number of amides is 1. The number of aryl methyl sites for hydroxylation is 2. The first-order valence-corrected chi connectivity index (χ1v) is 9.14. The second-order valence-corrected chi connectivity index (χ2v) is 6.85. The lowest BCUT2D eigenvalue weighted by Gasteiger charge is -2.22. The summed E-state index contributed by atoms with van der Waals surface area (Å²) in [5, 5.41) is 0.720. The Labute approximate surface area is 164 Å². The van der Waals surface area contributed by atoms with Crippen LogP contribution in [0.15, 0.2) is 65.3 Å². The van der Waals surface area contributed by atoms with E-state index in [2.05, 4.69) is 0 Å². The highest BCUT2D eigenvalue weighted by Gasteiger charge is 2.17. The molecule has 27 heavy (non-hydrogen) atoms. The number of ether oxygens (including phenoxy) is 1. The molecule has 5 heteroatoms. The number of hydrogen-bond acceptors (Lipinski definition) is 3. The predicted molar refractivity (Wildman–Crippen MR) is 106 cm³/mol. The van der Waals surface area contributed by atoms with Crippen LogP contribution in [0.25, 0.3) is 0 Å². The van der Waals surface area contributed by atoms with Gasteiger partial charge in [-0.2, -0.15) is 0 Å². The minimum Gasteiger partial charge on any atom is -0.484 e. The van der Waals surface area contributed by atoms with Crippen LogP contribution >= 0.6 is 11.6 Å². The van der Waals surface area contributed by atoms with Crippen LogP contribution in [-0.4, -0.2) is 17.4 Å². The third-order valence-corrected chi connectivity index (χ3v) is 4.86. The molecule has 0 fully saturated rings. The maximum Gasteiger partial charge on any atom is 0.261 e. The van der Waals surface area contributed by atoms with Crippen molar-refractivity contribution in [3.05, 3.63) is 88.3 Å². The van der Waals surface area contributed by atoms with Gasteiger partial charge in [0.15, 0.2) is 6.61 Å². The van der Waals surface area contributed by atoms with Crippen LogP contribution in [0.4, 0.5) is 0 Å². The highest BCUT2D eigenvalue weighted by Crippen LogP contribution is 2.26. The van der Waals surface area contributed by atoms with Crippen molar-refractivity contribution in [2.75, 3.05) is 6.61 Å². The Balaban J connectivity index is 1.70. The van der Waals surface area contributed by atoms with Crippen LogP contribution in [0.3, 0.4) is 0 Å². The molecule has 0 N–H and O–H groups in total. The van der Waals surface area contributed by atoms with Gasteiger partial charge in [-0.15, -0.1) is 0 Å². The number of nitrogens with zero attached hydrogens (tertiary/aromatic N) is 1. The van der Waals surface area contributed by atoms with Crippen molar-refractivity contribution in [2.24, 2.45) is 0 Å². The summed E-state index contributed by atoms with van der Waals surface area (Å²) in [7, 11) is 0. The lowest BCUT2D eigenvalue weighted by Crippen LogP contribution is -2.34. The second-order valence-electron chi connectivity index (χ2n) is 6.47. The van der Waals surface area contributed by atoms with E-state index in [-0.39, 0.29) is 12.5 Å². The Morgan fingerprint density at radius 3 is 2.37 bits per heavy atom. The van der Waals surface area contributed by atoms with Crippen LogP contribution in [0.1, 0.15) is 22.5 Å². The van der Waals surface area contributed by atoms with Gasteiger partial charge in [0.1, 0.15) is 11.5 Å². The molecular formula is C22H22ClNO3. The van der Waals surface area contributed by atoms with Gasteiger partial charge in [0.25, 0.3) is 5.91 Å². The van der Waals surface area contributed by atoms with Gasteiger partial charge in [0.2, 0.25) is 0 Å². The molecule has 0 atom stereocenters. The zero-order valence-electron chi connectivity index (χ0n) is 15.4. The molecule has 1 aromatic heterocycles. The topological polar surface area (TPSA) is 42.7 Å². The van der Waals surface area contributed by atoms with E-state index < -0.39 is 0 Å². The molecule has 0 aliphatic carbocycles. The number of rotatable bonds is 7. The van der Waals surface area contributed by atoms with Gasteiger partial charge in [-0.25, -0.2) is 0 Å². The molecule has 0 aliphatic heterocycles. The highest BCUT2D eigenvalue weighted by atomic mass is 35.5. The minimum atomic E-state index is -0.111. The first kappa shape index (κ1) is 19.1. The van der Waals surface area contributed by atoms with Gasteiger partial charge in [0, 0.05) is 11.6 Å². The Bertz CT molecular complexity index is 868. The predicted octanol–water partition coefficient (Wildman–Crippen LogP) is 5.16. The maximum absolute atomic E-state index is 12.8. The summed E-state index contributed by atoms with van der Waals surface area (Å²) in [5.74, 6) is 1.26. The van der Waals surface area contributed by atoms with Gasteiger partial charge >= 0.3 is 0 Å². The fraction of sp³-hybridized carbons (Fsp3) is 0.227. The first-order valence-electron chi connectivity index (χ1n) is 8.76. The number of carbonyl (C=O) groups excluding carboxylic acids is 1. The van der Waals surface area contributed by atoms with Crippen LogP contribution in [0.5, 0.6) is 5.75 Å². The Kier molecular flexibility index (Phi) is 6.20. The molecule has 0 saturated carbocycles. The molecule has 3 rings (SSSR count). The summed E-state index contributed by atoms with van der Waals surface area (Å²) in [5.41, 5.74) is 2.90. The lowest BCUT2D eigenvalue weighted by atomic mass is 10.1. The van der Waals surface area contributed by atoms with Gasteiger partial charge < -0.3 is 14.1 Å². The summed E-state index contributed by atoms with van der Waals surface area (Å²) < 4.78 is 11.2. The molecule has 140 valence electrons. The van der Waals surface area contributed by atoms with E-state index in [1.807, 2.05) is 68.4 Å². The van der Waals surface area contributed by atoms with E-state index in [0.717, 1.165) is 27.5 Å². The van der Waals surface area contributed by atoms with Crippen molar-refractivity contribution in [1.29, 1.82) is 0 Å². The third-order valence-electron chi connectivity index (χ3n) is 4.27. The normalized spacial score (nSPS) is 10.6. The molecule has 1 amide bonds. The van der Waals surface area contributed by atoms with E-state index in [1.165, 1.54) is 0 Å². The van der Waals surface area contributed by atoms with Crippen molar-refractivity contribution in [3.8, 4) is 5.75 Å². The largest absolute Gasteiger partial charge is 0.484 e. The van der Waals surface area contributed by atoms with Crippen LogP contribution in [0.2, 0.25) is 5.02 Å².